The summed E-state index contributed by atoms with van der Waals surface area (Å²) in [6.07, 6.45) is 0.253. The van der Waals surface area contributed by atoms with Crippen molar-refractivity contribution < 1.29 is 14.3 Å². The molecule has 0 radical (unpaired) electrons. The highest BCUT2D eigenvalue weighted by Crippen LogP contribution is 2.16. The van der Waals surface area contributed by atoms with E-state index in [1.807, 2.05) is 6.07 Å². The van der Waals surface area contributed by atoms with Gasteiger partial charge in [-0.2, -0.15) is 5.26 Å². The first-order chi connectivity index (χ1) is 9.60. The highest BCUT2D eigenvalue weighted by Gasteiger charge is 2.15. The maximum absolute atomic E-state index is 11.9. The monoisotopic (exact) mass is 275 g/mol. The topological polar surface area (TPSA) is 82.4 Å². The second kappa shape index (κ2) is 7.79. The summed E-state index contributed by atoms with van der Waals surface area (Å²) < 4.78 is 4.93. The number of rotatable bonds is 5. The van der Waals surface area contributed by atoms with Crippen molar-refractivity contribution >= 4 is 17.7 Å². The van der Waals surface area contributed by atoms with E-state index in [0.29, 0.717) is 17.8 Å². The van der Waals surface area contributed by atoms with Crippen LogP contribution in [0.15, 0.2) is 24.3 Å². The zero-order valence-electron chi connectivity index (χ0n) is 11.5. The van der Waals surface area contributed by atoms with Crippen molar-refractivity contribution in [3.63, 3.8) is 0 Å². The fourth-order valence-electron chi connectivity index (χ4n) is 1.51. The molecule has 0 aromatic heterocycles. The number of benzene rings is 1. The fraction of sp³-hybridized carbons (Fsp3) is 0.357. The zero-order chi connectivity index (χ0) is 15.0. The Bertz CT molecular complexity index is 523. The van der Waals surface area contributed by atoms with Crippen LogP contribution in [0.1, 0.15) is 23.7 Å². The van der Waals surface area contributed by atoms with Crippen LogP contribution in [0.5, 0.6) is 0 Å². The predicted octanol–water partition coefficient (Wildman–Crippen LogP) is 2.24. The van der Waals surface area contributed by atoms with Gasteiger partial charge in [0.2, 0.25) is 0 Å². The molecule has 1 aromatic rings. The van der Waals surface area contributed by atoms with Gasteiger partial charge in [-0.15, -0.1) is 0 Å². The van der Waals surface area contributed by atoms with Gasteiger partial charge in [-0.25, -0.2) is 9.59 Å². The molecule has 0 heterocycles. The van der Waals surface area contributed by atoms with Gasteiger partial charge in [-0.05, 0) is 19.1 Å². The molecule has 106 valence electrons. The molecule has 0 saturated heterocycles. The predicted molar refractivity (Wildman–Crippen MR) is 74.3 cm³/mol. The molecule has 20 heavy (non-hydrogen) atoms. The Labute approximate surface area is 117 Å². The van der Waals surface area contributed by atoms with Gasteiger partial charge in [-0.1, -0.05) is 12.1 Å². The molecule has 0 aliphatic heterocycles. The molecule has 1 N–H and O–H groups in total. The number of hydrogen-bond donors (Lipinski definition) is 1. The molecule has 0 aliphatic rings. The third-order valence-electron chi connectivity index (χ3n) is 2.57. The van der Waals surface area contributed by atoms with Gasteiger partial charge in [0.15, 0.2) is 0 Å². The quantitative estimate of drug-likeness (QED) is 0.835. The van der Waals surface area contributed by atoms with Crippen molar-refractivity contribution in [2.75, 3.05) is 25.5 Å². The Morgan fingerprint density at radius 3 is 2.75 bits per heavy atom. The summed E-state index contributed by atoms with van der Waals surface area (Å²) in [6, 6.07) is 8.22. The third-order valence-corrected chi connectivity index (χ3v) is 2.57. The lowest BCUT2D eigenvalue weighted by Crippen LogP contribution is -2.32. The van der Waals surface area contributed by atoms with E-state index in [0.717, 1.165) is 0 Å². The largest absolute Gasteiger partial charge is 0.462 e. The Morgan fingerprint density at radius 2 is 2.10 bits per heavy atom. The first-order valence-corrected chi connectivity index (χ1v) is 6.25. The Balaban J connectivity index is 2.80. The van der Waals surface area contributed by atoms with Gasteiger partial charge in [-0.3, -0.25) is 0 Å². The molecular weight excluding hydrogens is 258 g/mol. The second-order valence-electron chi connectivity index (χ2n) is 4.03. The van der Waals surface area contributed by atoms with E-state index in [1.165, 1.54) is 4.90 Å². The van der Waals surface area contributed by atoms with E-state index in [9.17, 15) is 9.59 Å². The number of ether oxygens (including phenoxy) is 1. The highest BCUT2D eigenvalue weighted by atomic mass is 16.5. The Kier molecular flexibility index (Phi) is 6.04. The molecule has 2 amide bonds. The number of para-hydroxylation sites is 1. The summed E-state index contributed by atoms with van der Waals surface area (Å²) in [6.45, 7) is 2.31. The van der Waals surface area contributed by atoms with Crippen molar-refractivity contribution in [1.29, 1.82) is 5.26 Å². The lowest BCUT2D eigenvalue weighted by atomic mass is 10.2. The molecule has 0 aliphatic carbocycles. The third kappa shape index (κ3) is 4.28. The van der Waals surface area contributed by atoms with E-state index < -0.39 is 5.97 Å². The number of carbonyl (C=O) groups is 2. The Morgan fingerprint density at radius 1 is 1.40 bits per heavy atom. The standard InChI is InChI=1S/C14H17N3O3/c1-3-20-13(18)11-7-4-5-8-12(11)16-14(19)17(2)10-6-9-15/h4-5,7-8H,3,6,10H2,1-2H3,(H,16,19). The minimum absolute atomic E-state index is 0.253. The number of anilines is 1. The van der Waals surface area contributed by atoms with Crippen molar-refractivity contribution in [2.45, 2.75) is 13.3 Å². The molecule has 1 rings (SSSR count). The van der Waals surface area contributed by atoms with Crippen LogP contribution in [-0.2, 0) is 4.74 Å². The van der Waals surface area contributed by atoms with Gasteiger partial charge in [0, 0.05) is 13.6 Å². The maximum atomic E-state index is 11.9. The number of nitrogens with one attached hydrogen (secondary N) is 1. The van der Waals surface area contributed by atoms with Crippen LogP contribution in [0.2, 0.25) is 0 Å². The van der Waals surface area contributed by atoms with Crippen LogP contribution >= 0.6 is 0 Å². The number of nitriles is 1. The lowest BCUT2D eigenvalue weighted by molar-refractivity contribution is 0.0527. The first-order valence-electron chi connectivity index (χ1n) is 6.25. The maximum Gasteiger partial charge on any atom is 0.340 e. The van der Waals surface area contributed by atoms with Crippen LogP contribution in [0, 0.1) is 11.3 Å². The minimum atomic E-state index is -0.483. The normalized spacial score (nSPS) is 9.45. The summed E-state index contributed by atoms with van der Waals surface area (Å²) in [7, 11) is 1.58. The lowest BCUT2D eigenvalue weighted by Gasteiger charge is -2.17. The van der Waals surface area contributed by atoms with Crippen LogP contribution in [0.4, 0.5) is 10.5 Å². The summed E-state index contributed by atoms with van der Waals surface area (Å²) in [4.78, 5) is 25.0. The fourth-order valence-corrected chi connectivity index (χ4v) is 1.51. The van der Waals surface area contributed by atoms with Gasteiger partial charge in [0.1, 0.15) is 0 Å². The van der Waals surface area contributed by atoms with Gasteiger partial charge in [0.05, 0.1) is 30.3 Å². The van der Waals surface area contributed by atoms with Gasteiger partial charge >= 0.3 is 12.0 Å². The average Bonchev–Trinajstić information content (AvgIpc) is 2.45. The van der Waals surface area contributed by atoms with Gasteiger partial charge in [0.25, 0.3) is 0 Å². The zero-order valence-corrected chi connectivity index (χ0v) is 11.5. The van der Waals surface area contributed by atoms with Gasteiger partial charge < -0.3 is 15.0 Å². The molecule has 0 unspecified atom stereocenters. The number of carbonyl (C=O) groups excluding carboxylic acids is 2. The van der Waals surface area contributed by atoms with Crippen LogP contribution in [0.25, 0.3) is 0 Å². The summed E-state index contributed by atoms with van der Waals surface area (Å²) in [5.41, 5.74) is 0.691. The first kappa shape index (κ1) is 15.5. The van der Waals surface area contributed by atoms with Crippen LogP contribution < -0.4 is 5.32 Å². The van der Waals surface area contributed by atoms with E-state index in [1.54, 1.807) is 38.2 Å². The van der Waals surface area contributed by atoms with Crippen molar-refractivity contribution in [2.24, 2.45) is 0 Å². The van der Waals surface area contributed by atoms with Crippen molar-refractivity contribution in [3.8, 4) is 6.07 Å². The van der Waals surface area contributed by atoms with E-state index in [2.05, 4.69) is 5.32 Å². The number of urea groups is 1. The van der Waals surface area contributed by atoms with E-state index in [4.69, 9.17) is 10.00 Å². The van der Waals surface area contributed by atoms with Crippen molar-refractivity contribution in [3.05, 3.63) is 29.8 Å². The molecule has 0 atom stereocenters. The Hall–Kier alpha value is -2.55. The summed E-state index contributed by atoms with van der Waals surface area (Å²) in [5.74, 6) is -0.483. The molecule has 0 fully saturated rings. The molecule has 0 spiro atoms. The molecule has 6 nitrogen and oxygen atoms in total. The molecule has 1 aromatic carbocycles. The number of hydrogen-bond acceptors (Lipinski definition) is 4. The second-order valence-corrected chi connectivity index (χ2v) is 4.03. The van der Waals surface area contributed by atoms with E-state index in [-0.39, 0.29) is 19.1 Å². The van der Waals surface area contributed by atoms with Crippen LogP contribution in [0.3, 0.4) is 0 Å². The molecule has 0 bridgehead atoms. The van der Waals surface area contributed by atoms with Crippen LogP contribution in [-0.4, -0.2) is 37.1 Å². The SMILES string of the molecule is CCOC(=O)c1ccccc1NC(=O)N(C)CCC#N. The molecule has 6 heteroatoms. The van der Waals surface area contributed by atoms with Crippen molar-refractivity contribution in [1.82, 2.24) is 4.90 Å². The molecule has 0 saturated carbocycles. The molecular formula is C14H17N3O3. The average molecular weight is 275 g/mol. The number of nitrogens with zero attached hydrogens (tertiary/aromatic N) is 2. The highest BCUT2D eigenvalue weighted by molar-refractivity contribution is 6.00. The smallest absolute Gasteiger partial charge is 0.340 e. The number of amides is 2. The minimum Gasteiger partial charge on any atom is -0.462 e. The summed E-state index contributed by atoms with van der Waals surface area (Å²) in [5, 5.41) is 11.1. The number of esters is 1. The summed E-state index contributed by atoms with van der Waals surface area (Å²) >= 11 is 0. The van der Waals surface area contributed by atoms with E-state index >= 15 is 0 Å².